The zero-order valence-corrected chi connectivity index (χ0v) is 10.5. The van der Waals surface area contributed by atoms with E-state index in [1.54, 1.807) is 0 Å². The maximum absolute atomic E-state index is 9.18. The number of nitriles is 1. The van der Waals surface area contributed by atoms with Crippen molar-refractivity contribution in [3.05, 3.63) is 47.5 Å². The van der Waals surface area contributed by atoms with Gasteiger partial charge in [0.05, 0.1) is 11.6 Å². The fraction of sp³-hybridized carbons (Fsp3) is 0.400. The number of allylic oxidation sites excluding steroid dienone is 1. The smallest absolute Gasteiger partial charge is 0.0994 e. The van der Waals surface area contributed by atoms with Gasteiger partial charge in [-0.2, -0.15) is 5.26 Å². The van der Waals surface area contributed by atoms with E-state index < -0.39 is 0 Å². The molecule has 1 aromatic carbocycles. The summed E-state index contributed by atoms with van der Waals surface area (Å²) in [6, 6.07) is 8.42. The summed E-state index contributed by atoms with van der Waals surface area (Å²) in [5.41, 5.74) is 3.05. The first-order valence-corrected chi connectivity index (χ1v) is 5.57. The van der Waals surface area contributed by atoms with E-state index in [4.69, 9.17) is 0 Å². The predicted molar refractivity (Wildman–Crippen MR) is 68.5 cm³/mol. The van der Waals surface area contributed by atoms with Crippen LogP contribution in [-0.2, 0) is 5.41 Å². The molecule has 0 radical (unpaired) electrons. The van der Waals surface area contributed by atoms with Gasteiger partial charge in [0.25, 0.3) is 0 Å². The summed E-state index contributed by atoms with van der Waals surface area (Å²) in [7, 11) is 0. The maximum Gasteiger partial charge on any atom is 0.0994 e. The molecule has 0 aliphatic heterocycles. The Labute approximate surface area is 98.4 Å². The second-order valence-electron chi connectivity index (χ2n) is 5.19. The van der Waals surface area contributed by atoms with Gasteiger partial charge in [0.15, 0.2) is 0 Å². The number of hydrogen-bond acceptors (Lipinski definition) is 1. The Morgan fingerprint density at radius 1 is 1.38 bits per heavy atom. The van der Waals surface area contributed by atoms with Crippen LogP contribution < -0.4 is 0 Å². The number of rotatable bonds is 2. The quantitative estimate of drug-likeness (QED) is 0.677. The molecule has 1 atom stereocenters. The van der Waals surface area contributed by atoms with Crippen molar-refractivity contribution in [3.8, 4) is 6.07 Å². The molecule has 1 rings (SSSR count). The summed E-state index contributed by atoms with van der Waals surface area (Å²) in [4.78, 5) is 0. The highest BCUT2D eigenvalue weighted by molar-refractivity contribution is 5.45. The van der Waals surface area contributed by atoms with Crippen LogP contribution in [0.15, 0.2) is 30.9 Å². The lowest BCUT2D eigenvalue weighted by Gasteiger charge is -2.21. The summed E-state index contributed by atoms with van der Waals surface area (Å²) < 4.78 is 0. The molecular formula is C15H19N. The van der Waals surface area contributed by atoms with Crippen LogP contribution in [0.2, 0.25) is 0 Å². The Hall–Kier alpha value is -1.55. The molecule has 0 spiro atoms. The highest BCUT2D eigenvalue weighted by Crippen LogP contribution is 2.28. The molecule has 1 unspecified atom stereocenters. The molecule has 0 aromatic heterocycles. The third-order valence-electron chi connectivity index (χ3n) is 2.85. The number of benzene rings is 1. The number of nitrogens with zero attached hydrogens (tertiary/aromatic N) is 1. The SMILES string of the molecule is C=CC(C)c1ccc(C(C)(C)C)c(C#N)c1. The molecule has 0 aliphatic rings. The van der Waals surface area contributed by atoms with E-state index in [2.05, 4.69) is 52.5 Å². The normalized spacial score (nSPS) is 12.9. The van der Waals surface area contributed by atoms with Gasteiger partial charge in [-0.05, 0) is 28.5 Å². The molecule has 0 fully saturated rings. The van der Waals surface area contributed by atoms with Crippen LogP contribution in [0.3, 0.4) is 0 Å². The third kappa shape index (κ3) is 2.52. The lowest BCUT2D eigenvalue weighted by Crippen LogP contribution is -2.13. The summed E-state index contributed by atoms with van der Waals surface area (Å²) >= 11 is 0. The number of hydrogen-bond donors (Lipinski definition) is 0. The van der Waals surface area contributed by atoms with E-state index in [0.29, 0.717) is 5.92 Å². The van der Waals surface area contributed by atoms with Gasteiger partial charge in [0.2, 0.25) is 0 Å². The Bertz CT molecular complexity index is 430. The minimum atomic E-state index is 0.0149. The summed E-state index contributed by atoms with van der Waals surface area (Å²) in [6.45, 7) is 12.2. The first-order chi connectivity index (χ1) is 7.40. The van der Waals surface area contributed by atoms with Gasteiger partial charge in [-0.3, -0.25) is 0 Å². The predicted octanol–water partition coefficient (Wildman–Crippen LogP) is 4.15. The monoisotopic (exact) mass is 213 g/mol. The molecule has 1 heteroatoms. The fourth-order valence-corrected chi connectivity index (χ4v) is 1.73. The molecule has 1 aromatic rings. The van der Waals surface area contributed by atoms with Gasteiger partial charge in [0, 0.05) is 0 Å². The van der Waals surface area contributed by atoms with Crippen molar-refractivity contribution in [3.63, 3.8) is 0 Å². The largest absolute Gasteiger partial charge is 0.192 e. The van der Waals surface area contributed by atoms with Gasteiger partial charge in [0.1, 0.15) is 0 Å². The first kappa shape index (κ1) is 12.5. The topological polar surface area (TPSA) is 23.8 Å². The molecule has 1 nitrogen and oxygen atoms in total. The van der Waals surface area contributed by atoms with Gasteiger partial charge >= 0.3 is 0 Å². The Morgan fingerprint density at radius 2 is 2.00 bits per heavy atom. The average Bonchev–Trinajstić information content (AvgIpc) is 2.25. The van der Waals surface area contributed by atoms with E-state index >= 15 is 0 Å². The van der Waals surface area contributed by atoms with Crippen molar-refractivity contribution < 1.29 is 0 Å². The molecule has 16 heavy (non-hydrogen) atoms. The third-order valence-corrected chi connectivity index (χ3v) is 2.85. The van der Waals surface area contributed by atoms with Gasteiger partial charge < -0.3 is 0 Å². The molecule has 84 valence electrons. The van der Waals surface area contributed by atoms with Crippen molar-refractivity contribution in [1.29, 1.82) is 5.26 Å². The van der Waals surface area contributed by atoms with Gasteiger partial charge in [-0.25, -0.2) is 0 Å². The Balaban J connectivity index is 3.29. The lowest BCUT2D eigenvalue weighted by molar-refractivity contribution is 0.588. The summed E-state index contributed by atoms with van der Waals surface area (Å²) in [5.74, 6) is 0.293. The van der Waals surface area contributed by atoms with Crippen molar-refractivity contribution in [2.75, 3.05) is 0 Å². The summed E-state index contributed by atoms with van der Waals surface area (Å²) in [6.07, 6.45) is 1.90. The minimum absolute atomic E-state index is 0.0149. The molecule has 0 amide bonds. The standard InChI is InChI=1S/C15H19N/c1-6-11(2)12-7-8-14(15(3,4)5)13(9-12)10-16/h6-9,11H,1H2,2-5H3. The zero-order valence-electron chi connectivity index (χ0n) is 10.5. The van der Waals surface area contributed by atoms with Crippen LogP contribution in [0.5, 0.6) is 0 Å². The maximum atomic E-state index is 9.18. The van der Waals surface area contributed by atoms with Crippen molar-refractivity contribution in [2.24, 2.45) is 0 Å². The van der Waals surface area contributed by atoms with Crippen molar-refractivity contribution >= 4 is 0 Å². The average molecular weight is 213 g/mol. The molecule has 0 bridgehead atoms. The molecule has 0 heterocycles. The second-order valence-corrected chi connectivity index (χ2v) is 5.19. The van der Waals surface area contributed by atoms with Crippen LogP contribution in [0.4, 0.5) is 0 Å². The summed E-state index contributed by atoms with van der Waals surface area (Å²) in [5, 5.41) is 9.18. The van der Waals surface area contributed by atoms with Crippen LogP contribution >= 0.6 is 0 Å². The molecule has 0 saturated heterocycles. The first-order valence-electron chi connectivity index (χ1n) is 5.57. The van der Waals surface area contributed by atoms with Crippen LogP contribution in [0, 0.1) is 11.3 Å². The Kier molecular flexibility index (Phi) is 3.55. The Morgan fingerprint density at radius 3 is 2.44 bits per heavy atom. The highest BCUT2D eigenvalue weighted by atomic mass is 14.3. The molecule has 0 N–H and O–H groups in total. The molecular weight excluding hydrogens is 194 g/mol. The van der Waals surface area contributed by atoms with E-state index in [0.717, 1.165) is 16.7 Å². The van der Waals surface area contributed by atoms with Gasteiger partial charge in [-0.1, -0.05) is 45.9 Å². The van der Waals surface area contributed by atoms with Gasteiger partial charge in [-0.15, -0.1) is 6.58 Å². The lowest BCUT2D eigenvalue weighted by atomic mass is 9.82. The zero-order chi connectivity index (χ0) is 12.3. The molecule has 0 aliphatic carbocycles. The van der Waals surface area contributed by atoms with Crippen LogP contribution in [0.25, 0.3) is 0 Å². The van der Waals surface area contributed by atoms with E-state index in [1.165, 1.54) is 0 Å². The van der Waals surface area contributed by atoms with E-state index in [1.807, 2.05) is 12.1 Å². The van der Waals surface area contributed by atoms with Crippen LogP contribution in [0.1, 0.15) is 50.3 Å². The van der Waals surface area contributed by atoms with Crippen LogP contribution in [-0.4, -0.2) is 0 Å². The van der Waals surface area contributed by atoms with E-state index in [-0.39, 0.29) is 5.41 Å². The van der Waals surface area contributed by atoms with E-state index in [9.17, 15) is 5.26 Å². The van der Waals surface area contributed by atoms with Crippen molar-refractivity contribution in [1.82, 2.24) is 0 Å². The fourth-order valence-electron chi connectivity index (χ4n) is 1.73. The highest BCUT2D eigenvalue weighted by Gasteiger charge is 2.18. The second kappa shape index (κ2) is 4.53. The molecule has 0 saturated carbocycles. The minimum Gasteiger partial charge on any atom is -0.192 e. The van der Waals surface area contributed by atoms with Crippen molar-refractivity contribution in [2.45, 2.75) is 39.0 Å².